The number of likely N-dealkylation sites (N-methyl/N-ethyl adjacent to an activating group) is 1. The Morgan fingerprint density at radius 2 is 1.33 bits per heavy atom. The Labute approximate surface area is 256 Å². The highest BCUT2D eigenvalue weighted by Gasteiger charge is 2.32. The minimum atomic E-state index is -0.680. The van der Waals surface area contributed by atoms with Gasteiger partial charge in [0.1, 0.15) is 19.3 Å². The van der Waals surface area contributed by atoms with Crippen LogP contribution in [0.4, 0.5) is 9.59 Å². The van der Waals surface area contributed by atoms with Gasteiger partial charge in [0.2, 0.25) is 5.91 Å². The van der Waals surface area contributed by atoms with Crippen LogP contribution in [0, 0.1) is 0 Å². The molecule has 2 atom stereocenters. The Kier molecular flexibility index (Phi) is 23.3. The molecular formula is C33H63N3O6. The van der Waals surface area contributed by atoms with Crippen molar-refractivity contribution in [1.82, 2.24) is 15.1 Å². The van der Waals surface area contributed by atoms with Crippen molar-refractivity contribution in [3.8, 4) is 0 Å². The molecule has 0 aliphatic carbocycles. The minimum Gasteiger partial charge on any atom is -0.447 e. The maximum Gasteiger partial charge on any atom is 0.416 e. The van der Waals surface area contributed by atoms with E-state index in [1.54, 1.807) is 0 Å². The van der Waals surface area contributed by atoms with E-state index in [0.717, 1.165) is 38.8 Å². The molecule has 42 heavy (non-hydrogen) atoms. The number of piperidine rings is 1. The molecule has 0 saturated carbocycles. The normalized spacial score (nSPS) is 16.1. The van der Waals surface area contributed by atoms with E-state index in [4.69, 9.17) is 14.2 Å². The monoisotopic (exact) mass is 597 g/mol. The molecule has 9 nitrogen and oxygen atoms in total. The fourth-order valence-corrected chi connectivity index (χ4v) is 5.57. The van der Waals surface area contributed by atoms with E-state index in [1.807, 2.05) is 0 Å². The summed E-state index contributed by atoms with van der Waals surface area (Å²) < 4.78 is 16.0. The third-order valence-corrected chi connectivity index (χ3v) is 8.25. The number of nitrogens with one attached hydrogen (secondary N) is 1. The van der Waals surface area contributed by atoms with Gasteiger partial charge in [-0.15, -0.1) is 0 Å². The van der Waals surface area contributed by atoms with Gasteiger partial charge >= 0.3 is 12.2 Å². The Balaban J connectivity index is 2.04. The van der Waals surface area contributed by atoms with Crippen LogP contribution in [0.5, 0.6) is 0 Å². The third kappa shape index (κ3) is 18.6. The number of alkyl carbamates (subject to hydrolysis) is 1. The number of hydrogen-bond donors (Lipinski definition) is 1. The van der Waals surface area contributed by atoms with E-state index >= 15 is 0 Å². The van der Waals surface area contributed by atoms with Gasteiger partial charge in [0.25, 0.3) is 0 Å². The molecule has 246 valence electrons. The van der Waals surface area contributed by atoms with E-state index in [9.17, 15) is 14.4 Å². The van der Waals surface area contributed by atoms with Gasteiger partial charge in [0, 0.05) is 27.1 Å². The molecule has 0 aromatic carbocycles. The summed E-state index contributed by atoms with van der Waals surface area (Å²) in [5, 5.41) is 2.78. The molecule has 1 fully saturated rings. The lowest BCUT2D eigenvalue weighted by molar-refractivity contribution is -0.130. The zero-order chi connectivity index (χ0) is 30.8. The van der Waals surface area contributed by atoms with Crippen LogP contribution in [0.25, 0.3) is 0 Å². The van der Waals surface area contributed by atoms with Crippen molar-refractivity contribution in [2.45, 2.75) is 148 Å². The van der Waals surface area contributed by atoms with Crippen molar-refractivity contribution in [3.63, 3.8) is 0 Å². The molecule has 0 radical (unpaired) electrons. The second-order valence-corrected chi connectivity index (χ2v) is 11.8. The number of ether oxygens (including phenoxy) is 3. The predicted octanol–water partition coefficient (Wildman–Crippen LogP) is 7.46. The van der Waals surface area contributed by atoms with E-state index in [2.05, 4.69) is 24.1 Å². The molecule has 1 saturated heterocycles. The van der Waals surface area contributed by atoms with Crippen molar-refractivity contribution >= 4 is 18.1 Å². The predicted molar refractivity (Wildman–Crippen MR) is 169 cm³/mol. The summed E-state index contributed by atoms with van der Waals surface area (Å²) in [4.78, 5) is 40.4. The maximum absolute atomic E-state index is 12.7. The van der Waals surface area contributed by atoms with Gasteiger partial charge < -0.3 is 24.4 Å². The number of likely N-dealkylation sites (tertiary alicyclic amines) is 1. The summed E-state index contributed by atoms with van der Waals surface area (Å²) in [6.45, 7) is 8.66. The maximum atomic E-state index is 12.7. The number of carbonyl (C=O) groups is 3. The molecule has 0 bridgehead atoms. The topological polar surface area (TPSA) is 97.4 Å². The fourth-order valence-electron chi connectivity index (χ4n) is 5.57. The molecule has 1 aliphatic heterocycles. The lowest BCUT2D eigenvalue weighted by Crippen LogP contribution is -2.52. The van der Waals surface area contributed by atoms with Crippen molar-refractivity contribution in [3.05, 3.63) is 0 Å². The first-order chi connectivity index (χ1) is 20.4. The SMILES string of the molecule is CCCCCCCCCCCCCCCCCCNC(=O)OCC(COC(=O)N(C(C)=O)C1CCCN(CC)C1)OC. The number of carbonyl (C=O) groups excluding carboxylic acids is 3. The second kappa shape index (κ2) is 25.6. The highest BCUT2D eigenvalue weighted by molar-refractivity contribution is 5.91. The number of imide groups is 1. The second-order valence-electron chi connectivity index (χ2n) is 11.8. The van der Waals surface area contributed by atoms with Crippen molar-refractivity contribution < 1.29 is 28.6 Å². The van der Waals surface area contributed by atoms with Gasteiger partial charge in [0.05, 0.1) is 6.04 Å². The van der Waals surface area contributed by atoms with E-state index in [0.29, 0.717) is 13.1 Å². The number of amides is 3. The largest absolute Gasteiger partial charge is 0.447 e. The first-order valence-corrected chi connectivity index (χ1v) is 17.0. The van der Waals surface area contributed by atoms with Crippen molar-refractivity contribution in [1.29, 1.82) is 0 Å². The van der Waals surface area contributed by atoms with Crippen LogP contribution in [0.1, 0.15) is 136 Å². The summed E-state index contributed by atoms with van der Waals surface area (Å²) >= 11 is 0. The first kappa shape index (κ1) is 38.2. The first-order valence-electron chi connectivity index (χ1n) is 17.0. The Hall–Kier alpha value is -1.87. The molecule has 1 N–H and O–H groups in total. The zero-order valence-corrected chi connectivity index (χ0v) is 27.5. The van der Waals surface area contributed by atoms with Gasteiger partial charge in [-0.2, -0.15) is 0 Å². The highest BCUT2D eigenvalue weighted by Crippen LogP contribution is 2.18. The number of rotatable bonds is 24. The summed E-state index contributed by atoms with van der Waals surface area (Å²) in [5.41, 5.74) is 0. The van der Waals surface area contributed by atoms with Crippen LogP contribution < -0.4 is 5.32 Å². The van der Waals surface area contributed by atoms with Crippen LogP contribution in [0.15, 0.2) is 0 Å². The number of nitrogens with zero attached hydrogens (tertiary/aromatic N) is 2. The Morgan fingerprint density at radius 1 is 0.810 bits per heavy atom. The van der Waals surface area contributed by atoms with Crippen LogP contribution in [-0.2, 0) is 19.0 Å². The Bertz CT molecular complexity index is 707. The summed E-state index contributed by atoms with van der Waals surface area (Å²) in [7, 11) is 1.47. The molecule has 0 aromatic heterocycles. The standard InChI is InChI=1S/C33H63N3O6/c1-5-7-8-9-10-11-12-13-14-15-16-17-18-19-20-21-24-34-32(38)41-27-31(40-4)28-42-33(39)36(29(3)37)30-23-22-25-35(6-2)26-30/h30-31H,5-28H2,1-4H3,(H,34,38). The summed E-state index contributed by atoms with van der Waals surface area (Å²) in [5.74, 6) is -0.332. The van der Waals surface area contributed by atoms with Crippen molar-refractivity contribution in [2.75, 3.05) is 46.5 Å². The summed E-state index contributed by atoms with van der Waals surface area (Å²) in [6, 6.07) is -0.198. The lowest BCUT2D eigenvalue weighted by Gasteiger charge is -2.37. The minimum absolute atomic E-state index is 0.0400. The van der Waals surface area contributed by atoms with Gasteiger partial charge in [0.15, 0.2) is 0 Å². The third-order valence-electron chi connectivity index (χ3n) is 8.25. The van der Waals surface area contributed by atoms with Gasteiger partial charge in [-0.1, -0.05) is 110 Å². The van der Waals surface area contributed by atoms with E-state index < -0.39 is 18.3 Å². The van der Waals surface area contributed by atoms with Crippen LogP contribution in [0.2, 0.25) is 0 Å². The van der Waals surface area contributed by atoms with Crippen LogP contribution in [-0.4, -0.2) is 86.5 Å². The molecule has 0 spiro atoms. The zero-order valence-electron chi connectivity index (χ0n) is 27.5. The molecule has 9 heteroatoms. The molecule has 3 amide bonds. The molecule has 0 aromatic rings. The van der Waals surface area contributed by atoms with E-state index in [-0.39, 0.29) is 25.2 Å². The molecule has 1 heterocycles. The molecule has 1 rings (SSSR count). The number of methoxy groups -OCH3 is 1. The van der Waals surface area contributed by atoms with Gasteiger partial charge in [-0.25, -0.2) is 14.5 Å². The average molecular weight is 598 g/mol. The quantitative estimate of drug-likeness (QED) is 0.115. The van der Waals surface area contributed by atoms with Crippen molar-refractivity contribution in [2.24, 2.45) is 0 Å². The van der Waals surface area contributed by atoms with Gasteiger partial charge in [-0.3, -0.25) is 4.79 Å². The fraction of sp³-hybridized carbons (Fsp3) is 0.909. The number of unbranched alkanes of at least 4 members (excludes halogenated alkanes) is 15. The molecular weight excluding hydrogens is 534 g/mol. The van der Waals surface area contributed by atoms with Gasteiger partial charge in [-0.05, 0) is 32.4 Å². The Morgan fingerprint density at radius 3 is 1.83 bits per heavy atom. The van der Waals surface area contributed by atoms with Crippen LogP contribution >= 0.6 is 0 Å². The van der Waals surface area contributed by atoms with E-state index in [1.165, 1.54) is 109 Å². The summed E-state index contributed by atoms with van der Waals surface area (Å²) in [6.07, 6.45) is 20.9. The lowest BCUT2D eigenvalue weighted by atomic mass is 10.0. The number of hydrogen-bond acceptors (Lipinski definition) is 7. The smallest absolute Gasteiger partial charge is 0.416 e. The highest BCUT2D eigenvalue weighted by atomic mass is 16.6. The average Bonchev–Trinajstić information content (AvgIpc) is 2.98. The molecule has 2 unspecified atom stereocenters. The van der Waals surface area contributed by atoms with Crippen LogP contribution in [0.3, 0.4) is 0 Å². The molecule has 1 aliphatic rings.